The number of rotatable bonds is 3. The van der Waals surface area contributed by atoms with Gasteiger partial charge in [-0.3, -0.25) is 9.89 Å². The minimum Gasteiger partial charge on any atom is -0.461 e. The summed E-state index contributed by atoms with van der Waals surface area (Å²) < 4.78 is 5.01. The zero-order chi connectivity index (χ0) is 17.4. The molecule has 0 unspecified atom stereocenters. The highest BCUT2D eigenvalue weighted by Crippen LogP contribution is 2.23. The number of ether oxygens (including phenoxy) is 1. The quantitative estimate of drug-likeness (QED) is 0.689. The zero-order valence-corrected chi connectivity index (χ0v) is 13.6. The van der Waals surface area contributed by atoms with Crippen molar-refractivity contribution in [1.82, 2.24) is 30.5 Å². The number of aromatic amines is 2. The third-order valence-corrected chi connectivity index (χ3v) is 4.25. The largest absolute Gasteiger partial charge is 0.461 e. The molecule has 4 rings (SSSR count). The maximum absolute atomic E-state index is 12.8. The fraction of sp³-hybridized carbons (Fsp3) is 0.312. The van der Waals surface area contributed by atoms with Gasteiger partial charge in [-0.1, -0.05) is 0 Å². The van der Waals surface area contributed by atoms with Crippen molar-refractivity contribution in [3.05, 3.63) is 40.7 Å². The van der Waals surface area contributed by atoms with E-state index in [-0.39, 0.29) is 5.91 Å². The molecule has 2 aromatic heterocycles. The van der Waals surface area contributed by atoms with E-state index in [4.69, 9.17) is 4.74 Å². The van der Waals surface area contributed by atoms with E-state index in [0.717, 1.165) is 11.3 Å². The number of carbonyl (C=O) groups excluding carboxylic acids is 2. The summed E-state index contributed by atoms with van der Waals surface area (Å²) in [7, 11) is 0. The van der Waals surface area contributed by atoms with Crippen molar-refractivity contribution in [2.45, 2.75) is 19.9 Å². The summed E-state index contributed by atoms with van der Waals surface area (Å²) in [4.78, 5) is 26.4. The van der Waals surface area contributed by atoms with Gasteiger partial charge >= 0.3 is 5.97 Å². The van der Waals surface area contributed by atoms with Crippen molar-refractivity contribution < 1.29 is 14.3 Å². The van der Waals surface area contributed by atoms with Crippen LogP contribution in [0, 0.1) is 0 Å². The van der Waals surface area contributed by atoms with Gasteiger partial charge in [0, 0.05) is 17.7 Å². The van der Waals surface area contributed by atoms with Gasteiger partial charge in [0.25, 0.3) is 5.91 Å². The SMILES string of the molecule is CCOC(=O)c1n[nH]c2c1CCN(C(=O)c1ccc3n[nH]nc3c1)C2. The van der Waals surface area contributed by atoms with Crippen LogP contribution in [0.1, 0.15) is 39.0 Å². The minimum absolute atomic E-state index is 0.0946. The third-order valence-electron chi connectivity index (χ3n) is 4.25. The summed E-state index contributed by atoms with van der Waals surface area (Å²) in [5, 5.41) is 17.4. The van der Waals surface area contributed by atoms with E-state index in [2.05, 4.69) is 25.6 Å². The summed E-state index contributed by atoms with van der Waals surface area (Å²) in [6, 6.07) is 5.21. The Balaban J connectivity index is 1.55. The number of aromatic nitrogens is 5. The molecule has 0 saturated carbocycles. The van der Waals surface area contributed by atoms with Gasteiger partial charge in [0.05, 0.1) is 18.8 Å². The minimum atomic E-state index is -0.434. The molecule has 128 valence electrons. The molecule has 9 heteroatoms. The first-order valence-corrected chi connectivity index (χ1v) is 8.00. The predicted molar refractivity (Wildman–Crippen MR) is 86.9 cm³/mol. The maximum Gasteiger partial charge on any atom is 0.359 e. The first-order valence-electron chi connectivity index (χ1n) is 8.00. The molecule has 1 aliphatic heterocycles. The number of esters is 1. The van der Waals surface area contributed by atoms with Crippen LogP contribution in [0.4, 0.5) is 0 Å². The molecule has 0 spiro atoms. The maximum atomic E-state index is 12.8. The van der Waals surface area contributed by atoms with Crippen molar-refractivity contribution in [1.29, 1.82) is 0 Å². The van der Waals surface area contributed by atoms with Crippen LogP contribution in [0.2, 0.25) is 0 Å². The molecular formula is C16H16N6O3. The van der Waals surface area contributed by atoms with E-state index in [0.29, 0.717) is 48.4 Å². The molecule has 0 atom stereocenters. The smallest absolute Gasteiger partial charge is 0.359 e. The second kappa shape index (κ2) is 6.00. The number of hydrogen-bond donors (Lipinski definition) is 2. The monoisotopic (exact) mass is 340 g/mol. The molecule has 0 aliphatic carbocycles. The van der Waals surface area contributed by atoms with Gasteiger partial charge in [-0.25, -0.2) is 4.79 Å². The lowest BCUT2D eigenvalue weighted by molar-refractivity contribution is 0.0518. The van der Waals surface area contributed by atoms with E-state index >= 15 is 0 Å². The normalized spacial score (nSPS) is 13.7. The molecule has 1 aliphatic rings. The second-order valence-electron chi connectivity index (χ2n) is 5.75. The number of H-pyrrole nitrogens is 2. The molecule has 0 radical (unpaired) electrons. The topological polar surface area (TPSA) is 117 Å². The van der Waals surface area contributed by atoms with E-state index in [1.165, 1.54) is 0 Å². The Morgan fingerprint density at radius 2 is 2.08 bits per heavy atom. The number of carbonyl (C=O) groups is 2. The van der Waals surface area contributed by atoms with Gasteiger partial charge in [-0.2, -0.15) is 20.5 Å². The number of fused-ring (bicyclic) bond motifs is 2. The number of hydrogen-bond acceptors (Lipinski definition) is 6. The Kier molecular flexibility index (Phi) is 3.68. The second-order valence-corrected chi connectivity index (χ2v) is 5.75. The Hall–Kier alpha value is -3.23. The van der Waals surface area contributed by atoms with E-state index in [1.54, 1.807) is 30.0 Å². The number of amides is 1. The van der Waals surface area contributed by atoms with E-state index in [9.17, 15) is 9.59 Å². The van der Waals surface area contributed by atoms with E-state index < -0.39 is 5.97 Å². The highest BCUT2D eigenvalue weighted by atomic mass is 16.5. The highest BCUT2D eigenvalue weighted by molar-refractivity contribution is 5.97. The van der Waals surface area contributed by atoms with Crippen LogP contribution in [0.15, 0.2) is 18.2 Å². The molecule has 0 bridgehead atoms. The lowest BCUT2D eigenvalue weighted by Gasteiger charge is -2.26. The zero-order valence-electron chi connectivity index (χ0n) is 13.6. The van der Waals surface area contributed by atoms with Gasteiger partial charge in [-0.15, -0.1) is 0 Å². The number of benzene rings is 1. The summed E-state index contributed by atoms with van der Waals surface area (Å²) in [5.41, 5.74) is 3.82. The van der Waals surface area contributed by atoms with Crippen LogP contribution >= 0.6 is 0 Å². The van der Waals surface area contributed by atoms with Gasteiger partial charge in [0.1, 0.15) is 11.0 Å². The van der Waals surface area contributed by atoms with Gasteiger partial charge in [-0.05, 0) is 31.5 Å². The lowest BCUT2D eigenvalue weighted by atomic mass is 10.0. The Bertz CT molecular complexity index is 960. The molecule has 9 nitrogen and oxygen atoms in total. The average molecular weight is 340 g/mol. The van der Waals surface area contributed by atoms with Crippen LogP contribution in [-0.2, 0) is 17.7 Å². The highest BCUT2D eigenvalue weighted by Gasteiger charge is 2.28. The van der Waals surface area contributed by atoms with Crippen molar-refractivity contribution in [2.24, 2.45) is 0 Å². The van der Waals surface area contributed by atoms with Crippen molar-refractivity contribution in [3.63, 3.8) is 0 Å². The van der Waals surface area contributed by atoms with Crippen LogP contribution in [0.5, 0.6) is 0 Å². The molecule has 3 heterocycles. The lowest BCUT2D eigenvalue weighted by Crippen LogP contribution is -2.36. The first kappa shape index (κ1) is 15.3. The van der Waals surface area contributed by atoms with Crippen molar-refractivity contribution >= 4 is 22.9 Å². The molecule has 25 heavy (non-hydrogen) atoms. The molecular weight excluding hydrogens is 324 g/mol. The fourth-order valence-electron chi connectivity index (χ4n) is 3.02. The van der Waals surface area contributed by atoms with Crippen molar-refractivity contribution in [2.75, 3.05) is 13.2 Å². The Morgan fingerprint density at radius 3 is 2.92 bits per heavy atom. The van der Waals surface area contributed by atoms with E-state index in [1.807, 2.05) is 0 Å². The van der Waals surface area contributed by atoms with Crippen LogP contribution in [0.3, 0.4) is 0 Å². The van der Waals surface area contributed by atoms with Crippen LogP contribution in [-0.4, -0.2) is 55.5 Å². The van der Waals surface area contributed by atoms with Gasteiger partial charge in [0.15, 0.2) is 5.69 Å². The van der Waals surface area contributed by atoms with Crippen LogP contribution < -0.4 is 0 Å². The fourth-order valence-corrected chi connectivity index (χ4v) is 3.02. The molecule has 2 N–H and O–H groups in total. The molecule has 3 aromatic rings. The average Bonchev–Trinajstić information content (AvgIpc) is 3.26. The molecule has 1 aromatic carbocycles. The molecule has 1 amide bonds. The first-order chi connectivity index (χ1) is 12.2. The summed E-state index contributed by atoms with van der Waals surface area (Å²) in [6.07, 6.45) is 0.553. The van der Waals surface area contributed by atoms with Gasteiger partial charge in [0.2, 0.25) is 0 Å². The summed E-state index contributed by atoms with van der Waals surface area (Å²) in [6.45, 7) is 2.94. The van der Waals surface area contributed by atoms with Gasteiger partial charge < -0.3 is 9.64 Å². The molecule has 0 saturated heterocycles. The van der Waals surface area contributed by atoms with Crippen LogP contribution in [0.25, 0.3) is 11.0 Å². The predicted octanol–water partition coefficient (Wildman–Crippen LogP) is 1.06. The summed E-state index contributed by atoms with van der Waals surface area (Å²) >= 11 is 0. The third kappa shape index (κ3) is 2.63. The Labute approximate surface area is 142 Å². The standard InChI is InChI=1S/C16H16N6O3/c1-2-25-16(24)14-10-5-6-22(8-13(10)17-20-14)15(23)9-3-4-11-12(7-9)19-21-18-11/h3-4,7H,2,5-6,8H2,1H3,(H,17,20)(H,18,19,21). The summed E-state index contributed by atoms with van der Waals surface area (Å²) in [5.74, 6) is -0.529. The Morgan fingerprint density at radius 1 is 1.24 bits per heavy atom. The van der Waals surface area contributed by atoms with Crippen molar-refractivity contribution in [3.8, 4) is 0 Å². The molecule has 0 fully saturated rings. The number of nitrogens with zero attached hydrogens (tertiary/aromatic N) is 4. The number of nitrogens with one attached hydrogen (secondary N) is 2.